The van der Waals surface area contributed by atoms with Crippen molar-refractivity contribution in [3.63, 3.8) is 0 Å². The number of rotatable bonds is 27. The van der Waals surface area contributed by atoms with Crippen molar-refractivity contribution in [2.24, 2.45) is 11.5 Å². The molecule has 0 aliphatic rings. The van der Waals surface area contributed by atoms with Crippen molar-refractivity contribution >= 4 is 17.7 Å². The minimum Gasteiger partial charge on any atom is -0.379 e. The molecule has 6 N–H and O–H groups in total. The van der Waals surface area contributed by atoms with Crippen molar-refractivity contribution in [3.05, 3.63) is 0 Å². The zero-order valence-corrected chi connectivity index (χ0v) is 22.9. The third kappa shape index (κ3) is 24.1. The summed E-state index contributed by atoms with van der Waals surface area (Å²) >= 11 is 0. The highest BCUT2D eigenvalue weighted by Crippen LogP contribution is 2.22. The zero-order valence-electron chi connectivity index (χ0n) is 22.9. The lowest BCUT2D eigenvalue weighted by molar-refractivity contribution is -0.121. The first kappa shape index (κ1) is 35.7. The highest BCUT2D eigenvalue weighted by Gasteiger charge is 2.27. The van der Waals surface area contributed by atoms with Gasteiger partial charge in [-0.25, -0.2) is 0 Å². The number of hydrogen-bond donors (Lipinski definition) is 4. The van der Waals surface area contributed by atoms with Crippen molar-refractivity contribution in [1.82, 2.24) is 10.6 Å². The van der Waals surface area contributed by atoms with Crippen LogP contribution in [0.1, 0.15) is 51.9 Å². The van der Waals surface area contributed by atoms with Gasteiger partial charge in [0, 0.05) is 44.5 Å². The average Bonchev–Trinajstić information content (AvgIpc) is 2.90. The van der Waals surface area contributed by atoms with Crippen LogP contribution in [-0.2, 0) is 38.1 Å². The summed E-state index contributed by atoms with van der Waals surface area (Å²) in [6.07, 6.45) is 7.37. The van der Waals surface area contributed by atoms with Crippen LogP contribution in [0.15, 0.2) is 0 Å². The Bertz CT molecular complexity index is 674. The quantitative estimate of drug-likeness (QED) is 0.0811. The van der Waals surface area contributed by atoms with Crippen LogP contribution in [0.4, 0.5) is 0 Å². The molecule has 0 rings (SSSR count). The summed E-state index contributed by atoms with van der Waals surface area (Å²) in [4.78, 5) is 35.7. The highest BCUT2D eigenvalue weighted by atomic mass is 16.5. The monoisotopic (exact) mass is 544 g/mol. The predicted octanol–water partition coefficient (Wildman–Crippen LogP) is -0.132. The van der Waals surface area contributed by atoms with Gasteiger partial charge in [0.25, 0.3) is 0 Å². The Morgan fingerprint density at radius 3 is 1.58 bits per heavy atom. The van der Waals surface area contributed by atoms with E-state index in [0.717, 1.165) is 6.42 Å². The number of primary amides is 1. The summed E-state index contributed by atoms with van der Waals surface area (Å²) in [5.74, 6) is 1.54. The molecule has 3 amide bonds. The molecule has 0 heterocycles. The number of ether oxygens (including phenoxy) is 5. The van der Waals surface area contributed by atoms with Crippen molar-refractivity contribution < 1.29 is 38.1 Å². The first-order chi connectivity index (χ1) is 18.3. The molecule has 12 nitrogen and oxygen atoms in total. The molecule has 1 atom stereocenters. The van der Waals surface area contributed by atoms with E-state index in [2.05, 4.69) is 16.6 Å². The third-order valence-electron chi connectivity index (χ3n) is 5.36. The van der Waals surface area contributed by atoms with Gasteiger partial charge in [-0.05, 0) is 25.7 Å². The van der Waals surface area contributed by atoms with Crippen LogP contribution in [0.25, 0.3) is 0 Å². The third-order valence-corrected chi connectivity index (χ3v) is 5.36. The fraction of sp³-hybridized carbons (Fsp3) is 0.808. The smallest absolute Gasteiger partial charge is 0.220 e. The van der Waals surface area contributed by atoms with Crippen LogP contribution in [0.5, 0.6) is 0 Å². The van der Waals surface area contributed by atoms with E-state index in [4.69, 9.17) is 41.6 Å². The summed E-state index contributed by atoms with van der Waals surface area (Å²) in [6, 6.07) is 0. The maximum Gasteiger partial charge on any atom is 0.220 e. The number of hydrogen-bond acceptors (Lipinski definition) is 9. The largest absolute Gasteiger partial charge is 0.379 e. The number of carbonyl (C=O) groups is 3. The van der Waals surface area contributed by atoms with Crippen LogP contribution in [0.2, 0.25) is 0 Å². The summed E-state index contributed by atoms with van der Waals surface area (Å²) in [5.41, 5.74) is 10.9. The molecule has 0 aliphatic heterocycles. The minimum atomic E-state index is -0.866. The van der Waals surface area contributed by atoms with Crippen molar-refractivity contribution in [1.29, 1.82) is 0 Å². The lowest BCUT2D eigenvalue weighted by Crippen LogP contribution is -2.43. The standard InChI is InChI=1S/C26H48N4O8/c1-3-13-34-17-19-36-15-11-29-24(32)6-9-26(28,8-5-23(27)31)10-7-25(33)30-12-16-37-20-22-38-21-18-35-14-4-2/h2H,3,5-22,28H2,1H3,(H2,27,31)(H,29,32)(H,30,33). The van der Waals surface area contributed by atoms with Gasteiger partial charge in [-0.3, -0.25) is 14.4 Å². The maximum atomic E-state index is 12.2. The van der Waals surface area contributed by atoms with E-state index in [9.17, 15) is 14.4 Å². The Hall–Kier alpha value is -2.27. The number of nitrogens with two attached hydrogens (primary N) is 2. The van der Waals surface area contributed by atoms with E-state index >= 15 is 0 Å². The molecule has 0 bridgehead atoms. The van der Waals surface area contributed by atoms with Gasteiger partial charge in [-0.1, -0.05) is 12.8 Å². The SMILES string of the molecule is C#CCOCCOCCOCCNC(=O)CCC(N)(CCC(N)=O)CCC(=O)NCCOCCOCCC. The molecule has 12 heteroatoms. The van der Waals surface area contributed by atoms with Gasteiger partial charge in [0.15, 0.2) is 0 Å². The average molecular weight is 545 g/mol. The van der Waals surface area contributed by atoms with Crippen LogP contribution in [0.3, 0.4) is 0 Å². The molecule has 0 spiro atoms. The Kier molecular flexibility index (Phi) is 23.5. The fourth-order valence-corrected chi connectivity index (χ4v) is 3.21. The molecule has 0 aromatic heterocycles. The van der Waals surface area contributed by atoms with E-state index < -0.39 is 11.4 Å². The molecule has 0 aromatic carbocycles. The molecule has 220 valence electrons. The van der Waals surface area contributed by atoms with E-state index in [1.165, 1.54) is 0 Å². The van der Waals surface area contributed by atoms with Crippen molar-refractivity contribution in [2.45, 2.75) is 57.4 Å². The lowest BCUT2D eigenvalue weighted by atomic mass is 9.84. The first-order valence-electron chi connectivity index (χ1n) is 13.3. The van der Waals surface area contributed by atoms with Gasteiger partial charge in [0.05, 0.1) is 52.9 Å². The molecule has 0 saturated heterocycles. The Morgan fingerprint density at radius 2 is 1.13 bits per heavy atom. The van der Waals surface area contributed by atoms with E-state index in [0.29, 0.717) is 91.8 Å². The predicted molar refractivity (Wildman–Crippen MR) is 143 cm³/mol. The highest BCUT2D eigenvalue weighted by molar-refractivity contribution is 5.77. The molecular formula is C26H48N4O8. The molecule has 1 unspecified atom stereocenters. The molecule has 0 radical (unpaired) electrons. The van der Waals surface area contributed by atoms with Gasteiger partial charge in [0.2, 0.25) is 17.7 Å². The van der Waals surface area contributed by atoms with Crippen LogP contribution in [-0.4, -0.2) is 102 Å². The van der Waals surface area contributed by atoms with E-state index in [1.54, 1.807) is 0 Å². The fourth-order valence-electron chi connectivity index (χ4n) is 3.21. The van der Waals surface area contributed by atoms with Crippen molar-refractivity contribution in [3.8, 4) is 12.3 Å². The Morgan fingerprint density at radius 1 is 0.711 bits per heavy atom. The second-order valence-corrected chi connectivity index (χ2v) is 8.73. The van der Waals surface area contributed by atoms with Gasteiger partial charge < -0.3 is 45.8 Å². The number of nitrogens with one attached hydrogen (secondary N) is 2. The Balaban J connectivity index is 4.09. The Labute approximate surface area is 227 Å². The molecule has 0 aliphatic carbocycles. The van der Waals surface area contributed by atoms with Gasteiger partial charge in [-0.2, -0.15) is 0 Å². The van der Waals surface area contributed by atoms with Crippen LogP contribution >= 0.6 is 0 Å². The second-order valence-electron chi connectivity index (χ2n) is 8.73. The summed E-state index contributed by atoms with van der Waals surface area (Å²) in [6.45, 7) is 7.12. The summed E-state index contributed by atoms with van der Waals surface area (Å²) in [5, 5.41) is 5.56. The number of carbonyl (C=O) groups excluding carboxylic acids is 3. The molecular weight excluding hydrogens is 496 g/mol. The zero-order chi connectivity index (χ0) is 28.3. The van der Waals surface area contributed by atoms with Gasteiger partial charge >= 0.3 is 0 Å². The van der Waals surface area contributed by atoms with Gasteiger partial charge in [0.1, 0.15) is 6.61 Å². The molecule has 38 heavy (non-hydrogen) atoms. The summed E-state index contributed by atoms with van der Waals surface area (Å²) in [7, 11) is 0. The molecule has 0 saturated carbocycles. The maximum absolute atomic E-state index is 12.2. The number of amides is 3. The summed E-state index contributed by atoms with van der Waals surface area (Å²) < 4.78 is 26.5. The van der Waals surface area contributed by atoms with E-state index in [-0.39, 0.29) is 37.7 Å². The molecule has 0 aromatic rings. The van der Waals surface area contributed by atoms with Crippen LogP contribution in [0, 0.1) is 12.3 Å². The second kappa shape index (κ2) is 25.0. The minimum absolute atomic E-state index is 0.0830. The first-order valence-corrected chi connectivity index (χ1v) is 13.3. The van der Waals surface area contributed by atoms with E-state index in [1.807, 2.05) is 6.92 Å². The van der Waals surface area contributed by atoms with Crippen molar-refractivity contribution in [2.75, 3.05) is 79.2 Å². The lowest BCUT2D eigenvalue weighted by Gasteiger charge is -2.29. The molecule has 0 fully saturated rings. The van der Waals surface area contributed by atoms with Gasteiger partial charge in [-0.15, -0.1) is 6.42 Å². The topological polar surface area (TPSA) is 173 Å². The van der Waals surface area contributed by atoms with Crippen LogP contribution < -0.4 is 22.1 Å². The number of terminal acetylenes is 1. The normalized spacial score (nSPS) is 12.4.